The van der Waals surface area contributed by atoms with Crippen molar-refractivity contribution in [3.05, 3.63) is 30.1 Å². The number of hydrogen-bond donors (Lipinski definition) is 1. The van der Waals surface area contributed by atoms with Crippen LogP contribution in [0.1, 0.15) is 19.4 Å². The SMILES string of the molecule is CC(C)C1NC(=O)CN(CCc2ccncc2)C1=O. The molecule has 1 aliphatic rings. The van der Waals surface area contributed by atoms with Crippen molar-refractivity contribution in [1.82, 2.24) is 15.2 Å². The molecule has 5 heteroatoms. The molecule has 1 aliphatic heterocycles. The van der Waals surface area contributed by atoms with E-state index >= 15 is 0 Å². The Morgan fingerprint density at radius 1 is 1.37 bits per heavy atom. The zero-order chi connectivity index (χ0) is 13.8. The molecular weight excluding hydrogens is 242 g/mol. The van der Waals surface area contributed by atoms with Crippen LogP contribution in [-0.2, 0) is 16.0 Å². The summed E-state index contributed by atoms with van der Waals surface area (Å²) in [5.74, 6) is 0.0526. The highest BCUT2D eigenvalue weighted by Crippen LogP contribution is 2.11. The van der Waals surface area contributed by atoms with Gasteiger partial charge in [-0.05, 0) is 30.0 Å². The number of nitrogens with one attached hydrogen (secondary N) is 1. The van der Waals surface area contributed by atoms with E-state index in [1.54, 1.807) is 17.3 Å². The first-order valence-electron chi connectivity index (χ1n) is 6.55. The lowest BCUT2D eigenvalue weighted by Crippen LogP contribution is -2.60. The van der Waals surface area contributed by atoms with E-state index in [1.165, 1.54) is 0 Å². The van der Waals surface area contributed by atoms with Crippen LogP contribution in [0, 0.1) is 5.92 Å². The maximum atomic E-state index is 12.2. The number of carbonyl (C=O) groups excluding carboxylic acids is 2. The molecule has 1 atom stereocenters. The van der Waals surface area contributed by atoms with Crippen LogP contribution in [0.15, 0.2) is 24.5 Å². The molecule has 1 saturated heterocycles. The van der Waals surface area contributed by atoms with Gasteiger partial charge in [0.15, 0.2) is 0 Å². The molecule has 1 aromatic heterocycles. The fourth-order valence-corrected chi connectivity index (χ4v) is 2.18. The molecule has 1 unspecified atom stereocenters. The summed E-state index contributed by atoms with van der Waals surface area (Å²) < 4.78 is 0. The first-order valence-corrected chi connectivity index (χ1v) is 6.55. The second kappa shape index (κ2) is 5.82. The highest BCUT2D eigenvalue weighted by Gasteiger charge is 2.33. The summed E-state index contributed by atoms with van der Waals surface area (Å²) in [5.41, 5.74) is 1.12. The predicted molar refractivity (Wildman–Crippen MR) is 71.3 cm³/mol. The van der Waals surface area contributed by atoms with E-state index in [-0.39, 0.29) is 24.3 Å². The summed E-state index contributed by atoms with van der Waals surface area (Å²) in [4.78, 5) is 29.5. The van der Waals surface area contributed by atoms with Crippen LogP contribution in [-0.4, -0.2) is 40.8 Å². The summed E-state index contributed by atoms with van der Waals surface area (Å²) in [7, 11) is 0. The van der Waals surface area contributed by atoms with Gasteiger partial charge in [-0.1, -0.05) is 13.8 Å². The number of piperazine rings is 1. The van der Waals surface area contributed by atoms with Gasteiger partial charge in [-0.15, -0.1) is 0 Å². The molecule has 0 spiro atoms. The average molecular weight is 261 g/mol. The van der Waals surface area contributed by atoms with Crippen molar-refractivity contribution in [2.45, 2.75) is 26.3 Å². The van der Waals surface area contributed by atoms with Gasteiger partial charge in [-0.2, -0.15) is 0 Å². The molecule has 0 aliphatic carbocycles. The zero-order valence-electron chi connectivity index (χ0n) is 11.3. The molecule has 1 N–H and O–H groups in total. The predicted octanol–water partition coefficient (Wildman–Crippen LogP) is 0.607. The lowest BCUT2D eigenvalue weighted by molar-refractivity contribution is -0.145. The Balaban J connectivity index is 1.99. The van der Waals surface area contributed by atoms with E-state index in [9.17, 15) is 9.59 Å². The van der Waals surface area contributed by atoms with Crippen molar-refractivity contribution in [1.29, 1.82) is 0 Å². The second-order valence-electron chi connectivity index (χ2n) is 5.15. The number of hydrogen-bond acceptors (Lipinski definition) is 3. The van der Waals surface area contributed by atoms with Crippen molar-refractivity contribution in [3.8, 4) is 0 Å². The van der Waals surface area contributed by atoms with Gasteiger partial charge in [0.2, 0.25) is 11.8 Å². The average Bonchev–Trinajstić information content (AvgIpc) is 2.40. The monoisotopic (exact) mass is 261 g/mol. The van der Waals surface area contributed by atoms with Gasteiger partial charge in [-0.25, -0.2) is 0 Å². The Bertz CT molecular complexity index is 459. The number of carbonyl (C=O) groups is 2. The third kappa shape index (κ3) is 3.30. The standard InChI is InChI=1S/C14H19N3O2/c1-10(2)13-14(19)17(9-12(18)16-13)8-5-11-3-6-15-7-4-11/h3-4,6-7,10,13H,5,8-9H2,1-2H3,(H,16,18). The third-order valence-corrected chi connectivity index (χ3v) is 3.32. The van der Waals surface area contributed by atoms with Crippen LogP contribution in [0.4, 0.5) is 0 Å². The quantitative estimate of drug-likeness (QED) is 0.863. The van der Waals surface area contributed by atoms with Crippen LogP contribution in [0.5, 0.6) is 0 Å². The summed E-state index contributed by atoms with van der Waals surface area (Å²) in [5, 5.41) is 2.75. The highest BCUT2D eigenvalue weighted by molar-refractivity contribution is 5.94. The molecule has 0 aromatic carbocycles. The third-order valence-electron chi connectivity index (χ3n) is 3.32. The van der Waals surface area contributed by atoms with Gasteiger partial charge in [0.25, 0.3) is 0 Å². The number of rotatable bonds is 4. The normalized spacial score (nSPS) is 19.7. The molecule has 1 fully saturated rings. The van der Waals surface area contributed by atoms with Crippen molar-refractivity contribution in [2.75, 3.05) is 13.1 Å². The van der Waals surface area contributed by atoms with Crippen molar-refractivity contribution in [3.63, 3.8) is 0 Å². The molecule has 2 rings (SSSR count). The summed E-state index contributed by atoms with van der Waals surface area (Å²) >= 11 is 0. The molecule has 2 heterocycles. The molecule has 2 amide bonds. The van der Waals surface area contributed by atoms with Gasteiger partial charge < -0.3 is 10.2 Å². The first-order chi connectivity index (χ1) is 9.08. The Morgan fingerprint density at radius 3 is 2.68 bits per heavy atom. The van der Waals surface area contributed by atoms with E-state index in [4.69, 9.17) is 0 Å². The minimum atomic E-state index is -0.390. The summed E-state index contributed by atoms with van der Waals surface area (Å²) in [6, 6.07) is 3.46. The van der Waals surface area contributed by atoms with E-state index in [1.807, 2.05) is 26.0 Å². The Kier molecular flexibility index (Phi) is 4.14. The summed E-state index contributed by atoms with van der Waals surface area (Å²) in [6.07, 6.45) is 4.21. The molecule has 102 valence electrons. The lowest BCUT2D eigenvalue weighted by Gasteiger charge is -2.34. The minimum Gasteiger partial charge on any atom is -0.343 e. The van der Waals surface area contributed by atoms with Crippen LogP contribution in [0.2, 0.25) is 0 Å². The molecule has 1 aromatic rings. The largest absolute Gasteiger partial charge is 0.343 e. The Labute approximate surface area is 113 Å². The van der Waals surface area contributed by atoms with Gasteiger partial charge in [0, 0.05) is 18.9 Å². The zero-order valence-corrected chi connectivity index (χ0v) is 11.3. The highest BCUT2D eigenvalue weighted by atomic mass is 16.2. The number of pyridine rings is 1. The summed E-state index contributed by atoms with van der Waals surface area (Å²) in [6.45, 7) is 4.61. The van der Waals surface area contributed by atoms with Crippen molar-refractivity contribution >= 4 is 11.8 Å². The molecule has 0 saturated carbocycles. The van der Waals surface area contributed by atoms with Gasteiger partial charge in [0.05, 0.1) is 6.54 Å². The van der Waals surface area contributed by atoms with Crippen molar-refractivity contribution in [2.24, 2.45) is 5.92 Å². The van der Waals surface area contributed by atoms with Gasteiger partial charge in [0.1, 0.15) is 6.04 Å². The molecule has 19 heavy (non-hydrogen) atoms. The number of nitrogens with zero attached hydrogens (tertiary/aromatic N) is 2. The molecule has 0 radical (unpaired) electrons. The Hall–Kier alpha value is -1.91. The fraction of sp³-hybridized carbons (Fsp3) is 0.500. The Morgan fingerprint density at radius 2 is 2.05 bits per heavy atom. The van der Waals surface area contributed by atoms with Gasteiger partial charge >= 0.3 is 0 Å². The lowest BCUT2D eigenvalue weighted by atomic mass is 10.0. The molecule has 5 nitrogen and oxygen atoms in total. The maximum Gasteiger partial charge on any atom is 0.245 e. The van der Waals surface area contributed by atoms with Crippen LogP contribution in [0.3, 0.4) is 0 Å². The van der Waals surface area contributed by atoms with E-state index in [2.05, 4.69) is 10.3 Å². The first kappa shape index (κ1) is 13.5. The minimum absolute atomic E-state index is 0.0173. The van der Waals surface area contributed by atoms with Crippen molar-refractivity contribution < 1.29 is 9.59 Å². The van der Waals surface area contributed by atoms with Crippen LogP contribution < -0.4 is 5.32 Å². The number of aromatic nitrogens is 1. The topological polar surface area (TPSA) is 62.3 Å². The van der Waals surface area contributed by atoms with E-state index in [0.29, 0.717) is 6.54 Å². The van der Waals surface area contributed by atoms with E-state index < -0.39 is 6.04 Å². The van der Waals surface area contributed by atoms with Crippen LogP contribution in [0.25, 0.3) is 0 Å². The fourth-order valence-electron chi connectivity index (χ4n) is 2.18. The van der Waals surface area contributed by atoms with Crippen LogP contribution >= 0.6 is 0 Å². The number of amides is 2. The second-order valence-corrected chi connectivity index (χ2v) is 5.15. The molecular formula is C14H19N3O2. The smallest absolute Gasteiger partial charge is 0.245 e. The van der Waals surface area contributed by atoms with E-state index in [0.717, 1.165) is 12.0 Å². The molecule has 0 bridgehead atoms. The van der Waals surface area contributed by atoms with Gasteiger partial charge in [-0.3, -0.25) is 14.6 Å². The maximum absolute atomic E-state index is 12.2.